The third kappa shape index (κ3) is 2.52. The maximum Gasteiger partial charge on any atom is 0.129 e. The van der Waals surface area contributed by atoms with Gasteiger partial charge in [0.15, 0.2) is 0 Å². The minimum absolute atomic E-state index is 0.160. The molecule has 0 heterocycles. The molecule has 0 bridgehead atoms. The maximum atomic E-state index is 14.1. The van der Waals surface area contributed by atoms with Gasteiger partial charge >= 0.3 is 0 Å². The van der Waals surface area contributed by atoms with E-state index in [0.717, 1.165) is 11.1 Å². The molecular weight excluding hydrogens is 253 g/mol. The summed E-state index contributed by atoms with van der Waals surface area (Å²) in [7, 11) is 0. The molecular formula is C14H17ClFNO. The quantitative estimate of drug-likeness (QED) is 0.823. The first-order chi connectivity index (χ1) is 8.44. The number of anilines is 1. The summed E-state index contributed by atoms with van der Waals surface area (Å²) in [5, 5.41) is 12.3. The summed E-state index contributed by atoms with van der Waals surface area (Å²) in [4.78, 5) is 0. The number of alkyl halides is 1. The highest BCUT2D eigenvalue weighted by Crippen LogP contribution is 2.38. The minimum Gasteiger partial charge on any atom is -0.390 e. The number of allylic oxidation sites excluding steroid dienone is 1. The van der Waals surface area contributed by atoms with Crippen molar-refractivity contribution in [3.05, 3.63) is 35.2 Å². The van der Waals surface area contributed by atoms with Crippen molar-refractivity contribution >= 4 is 23.4 Å². The Kier molecular flexibility index (Phi) is 3.64. The number of rotatable bonds is 4. The van der Waals surface area contributed by atoms with E-state index in [0.29, 0.717) is 12.2 Å². The molecule has 0 amide bonds. The van der Waals surface area contributed by atoms with Crippen LogP contribution in [0.15, 0.2) is 18.2 Å². The van der Waals surface area contributed by atoms with Crippen molar-refractivity contribution in [1.82, 2.24) is 0 Å². The summed E-state index contributed by atoms with van der Waals surface area (Å²) < 4.78 is 14.1. The monoisotopic (exact) mass is 269 g/mol. The number of fused-ring (bicyclic) bond motifs is 1. The molecule has 0 aliphatic heterocycles. The van der Waals surface area contributed by atoms with Gasteiger partial charge in [-0.2, -0.15) is 0 Å². The van der Waals surface area contributed by atoms with Gasteiger partial charge in [0, 0.05) is 23.2 Å². The Morgan fingerprint density at radius 3 is 2.83 bits per heavy atom. The van der Waals surface area contributed by atoms with Crippen LogP contribution in [0, 0.1) is 5.82 Å². The minimum atomic E-state index is -0.630. The molecule has 0 aromatic heterocycles. The van der Waals surface area contributed by atoms with Crippen molar-refractivity contribution in [3.63, 3.8) is 0 Å². The van der Waals surface area contributed by atoms with Crippen molar-refractivity contribution in [1.29, 1.82) is 0 Å². The fourth-order valence-electron chi connectivity index (χ4n) is 2.21. The van der Waals surface area contributed by atoms with E-state index in [1.807, 2.05) is 32.1 Å². The number of halogens is 2. The normalized spacial score (nSPS) is 17.6. The average molecular weight is 270 g/mol. The number of aliphatic hydroxyl groups excluding tert-OH is 1. The standard InChI is InChI=1S/C14H17ClFNO/c1-14(2)4-3-9-5-10(6-12(16)13(9)14)17-8-11(18)7-15/h3-6,11,17-18H,7-8H2,1-2H3. The highest BCUT2D eigenvalue weighted by Gasteiger charge is 2.28. The average Bonchev–Trinajstić information content (AvgIpc) is 2.62. The second-order valence-corrected chi connectivity index (χ2v) is 5.47. The zero-order valence-corrected chi connectivity index (χ0v) is 11.3. The molecule has 4 heteroatoms. The zero-order valence-electron chi connectivity index (χ0n) is 10.5. The van der Waals surface area contributed by atoms with Gasteiger partial charge in [0.2, 0.25) is 0 Å². The van der Waals surface area contributed by atoms with Gasteiger partial charge in [-0.1, -0.05) is 26.0 Å². The Labute approximate surface area is 111 Å². The van der Waals surface area contributed by atoms with Crippen LogP contribution in [0.3, 0.4) is 0 Å². The van der Waals surface area contributed by atoms with Gasteiger partial charge < -0.3 is 10.4 Å². The van der Waals surface area contributed by atoms with Gasteiger partial charge in [-0.25, -0.2) is 4.39 Å². The van der Waals surface area contributed by atoms with Gasteiger partial charge in [0.1, 0.15) is 5.82 Å². The summed E-state index contributed by atoms with van der Waals surface area (Å²) in [5.41, 5.74) is 2.03. The van der Waals surface area contributed by atoms with E-state index in [1.165, 1.54) is 6.07 Å². The lowest BCUT2D eigenvalue weighted by Gasteiger charge is -2.19. The first kappa shape index (κ1) is 13.4. The highest BCUT2D eigenvalue weighted by molar-refractivity contribution is 6.18. The lowest BCUT2D eigenvalue weighted by atomic mass is 9.86. The summed E-state index contributed by atoms with van der Waals surface area (Å²) in [6, 6.07) is 3.36. The van der Waals surface area contributed by atoms with E-state index in [9.17, 15) is 9.50 Å². The molecule has 1 aromatic carbocycles. The lowest BCUT2D eigenvalue weighted by molar-refractivity contribution is 0.211. The van der Waals surface area contributed by atoms with Crippen LogP contribution in [0.5, 0.6) is 0 Å². The molecule has 1 atom stereocenters. The molecule has 18 heavy (non-hydrogen) atoms. The van der Waals surface area contributed by atoms with E-state index in [4.69, 9.17) is 11.6 Å². The predicted octanol–water partition coefficient (Wildman–Crippen LogP) is 3.14. The van der Waals surface area contributed by atoms with Crippen molar-refractivity contribution in [2.75, 3.05) is 17.7 Å². The third-order valence-corrected chi connectivity index (χ3v) is 3.52. The molecule has 0 radical (unpaired) electrons. The molecule has 1 aliphatic rings. The molecule has 0 fully saturated rings. The first-order valence-corrected chi connectivity index (χ1v) is 6.48. The SMILES string of the molecule is CC1(C)C=Cc2cc(NCC(O)CCl)cc(F)c21. The Bertz CT molecular complexity index is 485. The Morgan fingerprint density at radius 2 is 2.17 bits per heavy atom. The fraction of sp³-hybridized carbons (Fsp3) is 0.429. The summed E-state index contributed by atoms with van der Waals surface area (Å²) in [6.07, 6.45) is 3.30. The van der Waals surface area contributed by atoms with Crippen LogP contribution in [-0.4, -0.2) is 23.6 Å². The number of aliphatic hydroxyl groups is 1. The van der Waals surface area contributed by atoms with Gasteiger partial charge in [-0.05, 0) is 17.7 Å². The van der Waals surface area contributed by atoms with Crippen molar-refractivity contribution < 1.29 is 9.50 Å². The fourth-order valence-corrected chi connectivity index (χ4v) is 2.32. The highest BCUT2D eigenvalue weighted by atomic mass is 35.5. The van der Waals surface area contributed by atoms with Crippen LogP contribution in [0.25, 0.3) is 6.08 Å². The largest absolute Gasteiger partial charge is 0.390 e. The topological polar surface area (TPSA) is 32.3 Å². The summed E-state index contributed by atoms with van der Waals surface area (Å²) in [5.74, 6) is -0.0572. The second-order valence-electron chi connectivity index (χ2n) is 5.17. The molecule has 2 nitrogen and oxygen atoms in total. The molecule has 2 rings (SSSR count). The number of benzene rings is 1. The molecule has 1 aromatic rings. The lowest BCUT2D eigenvalue weighted by Crippen LogP contribution is -2.21. The molecule has 1 aliphatic carbocycles. The van der Waals surface area contributed by atoms with Crippen molar-refractivity contribution in [2.24, 2.45) is 0 Å². The maximum absolute atomic E-state index is 14.1. The van der Waals surface area contributed by atoms with Gasteiger partial charge in [-0.3, -0.25) is 0 Å². The molecule has 0 spiro atoms. The second kappa shape index (κ2) is 4.90. The zero-order chi connectivity index (χ0) is 13.3. The molecule has 0 saturated carbocycles. The van der Waals surface area contributed by atoms with Crippen LogP contribution < -0.4 is 5.32 Å². The van der Waals surface area contributed by atoms with E-state index in [-0.39, 0.29) is 17.1 Å². The van der Waals surface area contributed by atoms with Crippen molar-refractivity contribution in [3.8, 4) is 0 Å². The smallest absolute Gasteiger partial charge is 0.129 e. The Morgan fingerprint density at radius 1 is 1.44 bits per heavy atom. The van der Waals surface area contributed by atoms with Gasteiger partial charge in [0.05, 0.1) is 12.0 Å². The Hall–Kier alpha value is -1.06. The van der Waals surface area contributed by atoms with E-state index in [2.05, 4.69) is 5.32 Å². The van der Waals surface area contributed by atoms with Crippen LogP contribution in [0.1, 0.15) is 25.0 Å². The van der Waals surface area contributed by atoms with E-state index in [1.54, 1.807) is 0 Å². The van der Waals surface area contributed by atoms with Gasteiger partial charge in [-0.15, -0.1) is 11.6 Å². The third-order valence-electron chi connectivity index (χ3n) is 3.16. The molecule has 1 unspecified atom stereocenters. The molecule has 2 N–H and O–H groups in total. The molecule has 0 saturated heterocycles. The number of hydrogen-bond donors (Lipinski definition) is 2. The first-order valence-electron chi connectivity index (χ1n) is 5.95. The summed E-state index contributed by atoms with van der Waals surface area (Å²) >= 11 is 5.51. The van der Waals surface area contributed by atoms with Crippen LogP contribution in [0.2, 0.25) is 0 Å². The number of nitrogens with one attached hydrogen (secondary N) is 1. The van der Waals surface area contributed by atoms with Crippen LogP contribution in [-0.2, 0) is 5.41 Å². The van der Waals surface area contributed by atoms with E-state index >= 15 is 0 Å². The number of hydrogen-bond acceptors (Lipinski definition) is 2. The van der Waals surface area contributed by atoms with E-state index < -0.39 is 6.10 Å². The van der Waals surface area contributed by atoms with Crippen LogP contribution in [0.4, 0.5) is 10.1 Å². The van der Waals surface area contributed by atoms with Crippen molar-refractivity contribution in [2.45, 2.75) is 25.4 Å². The summed E-state index contributed by atoms with van der Waals surface area (Å²) in [6.45, 7) is 4.29. The predicted molar refractivity (Wildman–Crippen MR) is 73.7 cm³/mol. The molecule has 98 valence electrons. The van der Waals surface area contributed by atoms with Crippen LogP contribution >= 0.6 is 11.6 Å². The Balaban J connectivity index is 2.22. The van der Waals surface area contributed by atoms with Gasteiger partial charge in [0.25, 0.3) is 0 Å².